The molecule has 1 heterocycles. The molecule has 0 aliphatic rings. The zero-order valence-corrected chi connectivity index (χ0v) is 10.0. The minimum Gasteiger partial charge on any atom is -0.497 e. The largest absolute Gasteiger partial charge is 0.497 e. The lowest BCUT2D eigenvalue weighted by Crippen LogP contribution is -2.22. The topological polar surface area (TPSA) is 77.2 Å². The number of amides is 2. The molecule has 3 N–H and O–H groups in total. The van der Waals surface area contributed by atoms with E-state index in [1.54, 1.807) is 7.11 Å². The number of nitrogens with one attached hydrogen (secondary N) is 1. The van der Waals surface area contributed by atoms with Gasteiger partial charge < -0.3 is 10.5 Å². The zero-order chi connectivity index (χ0) is 11.5. The van der Waals surface area contributed by atoms with Gasteiger partial charge in [-0.1, -0.05) is 0 Å². The number of primary amides is 1. The third-order valence-electron chi connectivity index (χ3n) is 1.81. The van der Waals surface area contributed by atoms with Gasteiger partial charge in [0, 0.05) is 11.9 Å². The van der Waals surface area contributed by atoms with Crippen LogP contribution < -0.4 is 15.2 Å². The van der Waals surface area contributed by atoms with Gasteiger partial charge in [-0.25, -0.2) is 9.78 Å². The van der Waals surface area contributed by atoms with Gasteiger partial charge in [-0.15, -0.1) is 11.3 Å². The van der Waals surface area contributed by atoms with Gasteiger partial charge in [0.15, 0.2) is 4.34 Å². The third kappa shape index (κ3) is 2.37. The molecule has 16 heavy (non-hydrogen) atoms. The van der Waals surface area contributed by atoms with Crippen LogP contribution in [-0.4, -0.2) is 18.1 Å². The molecule has 2 aromatic rings. The van der Waals surface area contributed by atoms with E-state index in [0.717, 1.165) is 32.3 Å². The molecule has 0 saturated heterocycles. The highest BCUT2D eigenvalue weighted by molar-refractivity contribution is 7.99. The minimum absolute atomic E-state index is 0.582. The molecule has 0 fully saturated rings. The van der Waals surface area contributed by atoms with Crippen LogP contribution in [0.25, 0.3) is 10.2 Å². The average molecular weight is 255 g/mol. The maximum atomic E-state index is 10.5. The molecule has 0 aliphatic carbocycles. The number of urea groups is 1. The van der Waals surface area contributed by atoms with E-state index in [9.17, 15) is 4.79 Å². The van der Waals surface area contributed by atoms with Crippen LogP contribution in [0.3, 0.4) is 0 Å². The molecule has 2 rings (SSSR count). The van der Waals surface area contributed by atoms with Crippen molar-refractivity contribution < 1.29 is 9.53 Å². The van der Waals surface area contributed by atoms with E-state index in [-0.39, 0.29) is 0 Å². The maximum Gasteiger partial charge on any atom is 0.322 e. The molecule has 1 aromatic carbocycles. The lowest BCUT2D eigenvalue weighted by molar-refractivity contribution is 0.254. The second-order valence-corrected chi connectivity index (χ2v) is 4.97. The van der Waals surface area contributed by atoms with Crippen molar-refractivity contribution in [3.8, 4) is 5.75 Å². The zero-order valence-electron chi connectivity index (χ0n) is 8.39. The summed E-state index contributed by atoms with van der Waals surface area (Å²) in [7, 11) is 1.62. The number of rotatable bonds is 3. The van der Waals surface area contributed by atoms with E-state index in [2.05, 4.69) is 9.71 Å². The summed E-state index contributed by atoms with van der Waals surface area (Å²) in [5, 5.41) is 0. The molecule has 2 amide bonds. The normalized spacial score (nSPS) is 10.3. The number of aromatic nitrogens is 1. The number of carbonyl (C=O) groups is 1. The van der Waals surface area contributed by atoms with Crippen LogP contribution in [0, 0.1) is 0 Å². The number of fused-ring (bicyclic) bond motifs is 1. The Labute approximate surface area is 100 Å². The number of benzene rings is 1. The van der Waals surface area contributed by atoms with E-state index in [4.69, 9.17) is 10.5 Å². The summed E-state index contributed by atoms with van der Waals surface area (Å²) in [6, 6.07) is 5.04. The Balaban J connectivity index is 2.25. The van der Waals surface area contributed by atoms with Gasteiger partial charge >= 0.3 is 6.03 Å². The molecule has 1 aromatic heterocycles. The monoisotopic (exact) mass is 255 g/mol. The highest BCUT2D eigenvalue weighted by atomic mass is 32.2. The lowest BCUT2D eigenvalue weighted by Gasteiger charge is -1.96. The van der Waals surface area contributed by atoms with Crippen LogP contribution in [0.2, 0.25) is 0 Å². The predicted molar refractivity (Wildman–Crippen MR) is 64.7 cm³/mol. The fourth-order valence-corrected chi connectivity index (χ4v) is 2.77. The molecule has 0 bridgehead atoms. The number of methoxy groups -OCH3 is 1. The summed E-state index contributed by atoms with van der Waals surface area (Å²) >= 11 is 2.58. The van der Waals surface area contributed by atoms with E-state index in [0.29, 0.717) is 0 Å². The first-order valence-corrected chi connectivity index (χ1v) is 5.99. The van der Waals surface area contributed by atoms with Crippen molar-refractivity contribution in [2.24, 2.45) is 5.73 Å². The number of nitrogens with zero attached hydrogens (tertiary/aromatic N) is 1. The van der Waals surface area contributed by atoms with Crippen LogP contribution >= 0.6 is 23.3 Å². The molecule has 84 valence electrons. The fraction of sp³-hybridized carbons (Fsp3) is 0.111. The Morgan fingerprint density at radius 1 is 1.62 bits per heavy atom. The van der Waals surface area contributed by atoms with Gasteiger partial charge in [-0.05, 0) is 18.2 Å². The minimum atomic E-state index is -0.582. The van der Waals surface area contributed by atoms with E-state index in [1.807, 2.05) is 18.2 Å². The summed E-state index contributed by atoms with van der Waals surface area (Å²) in [4.78, 5) is 14.9. The lowest BCUT2D eigenvalue weighted by atomic mass is 10.3. The van der Waals surface area contributed by atoms with Gasteiger partial charge in [0.2, 0.25) is 0 Å². The highest BCUT2D eigenvalue weighted by Crippen LogP contribution is 2.30. The number of thiazole rings is 1. The van der Waals surface area contributed by atoms with Crippen LogP contribution in [0.15, 0.2) is 22.5 Å². The summed E-state index contributed by atoms with van der Waals surface area (Å²) in [5.41, 5.74) is 5.84. The van der Waals surface area contributed by atoms with Crippen molar-refractivity contribution in [3.63, 3.8) is 0 Å². The highest BCUT2D eigenvalue weighted by Gasteiger charge is 2.06. The van der Waals surface area contributed by atoms with Gasteiger partial charge in [-0.2, -0.15) is 0 Å². The average Bonchev–Trinajstić information content (AvgIpc) is 2.67. The van der Waals surface area contributed by atoms with Gasteiger partial charge in [-0.3, -0.25) is 4.72 Å². The second-order valence-electron chi connectivity index (χ2n) is 2.88. The smallest absolute Gasteiger partial charge is 0.322 e. The maximum absolute atomic E-state index is 10.5. The number of hydrogen-bond donors (Lipinski definition) is 2. The number of nitrogens with two attached hydrogens (primary N) is 1. The number of carbonyl (C=O) groups excluding carboxylic acids is 1. The fourth-order valence-electron chi connectivity index (χ4n) is 1.15. The molecule has 5 nitrogen and oxygen atoms in total. The Morgan fingerprint density at radius 2 is 2.44 bits per heavy atom. The second kappa shape index (κ2) is 4.58. The Bertz CT molecular complexity index is 526. The van der Waals surface area contributed by atoms with Crippen molar-refractivity contribution in [1.29, 1.82) is 0 Å². The van der Waals surface area contributed by atoms with Gasteiger partial charge in [0.1, 0.15) is 5.75 Å². The van der Waals surface area contributed by atoms with Crippen LogP contribution in [-0.2, 0) is 0 Å². The molecule has 0 unspecified atom stereocenters. The van der Waals surface area contributed by atoms with Gasteiger partial charge in [0.05, 0.1) is 17.3 Å². The third-order valence-corrected chi connectivity index (χ3v) is 3.70. The predicted octanol–water partition coefficient (Wildman–Crippen LogP) is 1.98. The Kier molecular flexibility index (Phi) is 3.16. The van der Waals surface area contributed by atoms with Crippen molar-refractivity contribution in [2.45, 2.75) is 4.34 Å². The first kappa shape index (κ1) is 11.0. The van der Waals surface area contributed by atoms with E-state index < -0.39 is 6.03 Å². The summed E-state index contributed by atoms with van der Waals surface area (Å²) in [5.74, 6) is 0.788. The first-order chi connectivity index (χ1) is 7.69. The molecular formula is C9H9N3O2S2. The van der Waals surface area contributed by atoms with Gasteiger partial charge in [0.25, 0.3) is 0 Å². The van der Waals surface area contributed by atoms with Crippen LogP contribution in [0.4, 0.5) is 4.79 Å². The van der Waals surface area contributed by atoms with Crippen LogP contribution in [0.5, 0.6) is 5.75 Å². The van der Waals surface area contributed by atoms with E-state index in [1.165, 1.54) is 11.3 Å². The molecular weight excluding hydrogens is 246 g/mol. The Morgan fingerprint density at radius 3 is 3.12 bits per heavy atom. The number of hydrogen-bond acceptors (Lipinski definition) is 5. The van der Waals surface area contributed by atoms with Crippen LogP contribution in [0.1, 0.15) is 0 Å². The summed E-state index contributed by atoms with van der Waals surface area (Å²) < 4.78 is 9.28. The quantitative estimate of drug-likeness (QED) is 0.822. The molecule has 0 atom stereocenters. The van der Waals surface area contributed by atoms with E-state index >= 15 is 0 Å². The first-order valence-electron chi connectivity index (χ1n) is 4.36. The Hall–Kier alpha value is -1.47. The number of ether oxygens (including phenoxy) is 1. The van der Waals surface area contributed by atoms with Crippen molar-refractivity contribution in [1.82, 2.24) is 9.71 Å². The standard InChI is InChI=1S/C9H9N3O2S2/c1-14-5-2-3-6-7(4-5)15-9(11-6)16-12-8(10)13/h2-4H,1H3,(H3,10,12,13). The molecule has 0 aliphatic heterocycles. The summed E-state index contributed by atoms with van der Waals surface area (Å²) in [6.07, 6.45) is 0. The molecule has 0 radical (unpaired) electrons. The van der Waals surface area contributed by atoms with Crippen molar-refractivity contribution in [2.75, 3.05) is 7.11 Å². The molecule has 0 spiro atoms. The summed E-state index contributed by atoms with van der Waals surface area (Å²) in [6.45, 7) is 0. The molecule has 7 heteroatoms. The van der Waals surface area contributed by atoms with Crippen molar-refractivity contribution in [3.05, 3.63) is 18.2 Å². The molecule has 0 saturated carbocycles. The van der Waals surface area contributed by atoms with Crippen molar-refractivity contribution >= 4 is 39.5 Å². The SMILES string of the molecule is COc1ccc2nc(SNC(N)=O)sc2c1.